The number of carbonyl (C=O) groups is 1. The Kier molecular flexibility index (Phi) is 5.77. The van der Waals surface area contributed by atoms with Gasteiger partial charge in [-0.1, -0.05) is 36.4 Å². The molecule has 0 saturated heterocycles. The Labute approximate surface area is 138 Å². The highest BCUT2D eigenvalue weighted by Gasteiger charge is 2.11. The summed E-state index contributed by atoms with van der Waals surface area (Å²) in [7, 11) is 0. The van der Waals surface area contributed by atoms with Crippen LogP contribution < -0.4 is 16.4 Å². The van der Waals surface area contributed by atoms with Crippen LogP contribution in [0.1, 0.15) is 36.6 Å². The zero-order valence-electron chi connectivity index (χ0n) is 14.0. The predicted octanol–water partition coefficient (Wildman–Crippen LogP) is 3.77. The van der Waals surface area contributed by atoms with Gasteiger partial charge < -0.3 is 16.4 Å². The Hall–Kier alpha value is -2.33. The Balaban J connectivity index is 1.94. The summed E-state index contributed by atoms with van der Waals surface area (Å²) in [6.45, 7) is 6.49. The molecule has 0 spiro atoms. The van der Waals surface area contributed by atoms with E-state index in [2.05, 4.69) is 55.7 Å². The molecule has 0 saturated carbocycles. The third-order valence-corrected chi connectivity index (χ3v) is 4.00. The lowest BCUT2D eigenvalue weighted by molar-refractivity contribution is 0.259. The van der Waals surface area contributed by atoms with Crippen LogP contribution in [0.3, 0.4) is 0 Å². The van der Waals surface area contributed by atoms with Gasteiger partial charge in [-0.3, -0.25) is 0 Å². The number of benzene rings is 2. The third-order valence-electron chi connectivity index (χ3n) is 4.00. The van der Waals surface area contributed by atoms with E-state index in [0.717, 1.165) is 6.42 Å². The van der Waals surface area contributed by atoms with Gasteiger partial charge >= 0.3 is 6.03 Å². The molecule has 0 aromatic heterocycles. The van der Waals surface area contributed by atoms with E-state index in [-0.39, 0.29) is 6.04 Å². The average Bonchev–Trinajstić information content (AvgIpc) is 2.49. The van der Waals surface area contributed by atoms with E-state index in [1.54, 1.807) is 0 Å². The van der Waals surface area contributed by atoms with Crippen LogP contribution in [-0.2, 0) is 6.42 Å². The van der Waals surface area contributed by atoms with Gasteiger partial charge in [0.05, 0.1) is 0 Å². The van der Waals surface area contributed by atoms with Gasteiger partial charge in [0.1, 0.15) is 0 Å². The van der Waals surface area contributed by atoms with Gasteiger partial charge in [0.2, 0.25) is 0 Å². The second-order valence-corrected chi connectivity index (χ2v) is 6.03. The molecule has 0 radical (unpaired) electrons. The van der Waals surface area contributed by atoms with Crippen molar-refractivity contribution in [1.29, 1.82) is 0 Å². The summed E-state index contributed by atoms with van der Waals surface area (Å²) >= 11 is 0. The molecular weight excluding hydrogens is 286 g/mol. The topological polar surface area (TPSA) is 67.2 Å². The minimum atomic E-state index is -0.546. The number of aryl methyl sites for hydroxylation is 1. The quantitative estimate of drug-likeness (QED) is 0.760. The molecule has 23 heavy (non-hydrogen) atoms. The molecule has 4 heteroatoms. The summed E-state index contributed by atoms with van der Waals surface area (Å²) < 4.78 is 0. The lowest BCUT2D eigenvalue weighted by Crippen LogP contribution is -2.31. The number of nitrogens with two attached hydrogens (primary N) is 1. The number of hydrogen-bond acceptors (Lipinski definition) is 2. The number of primary amides is 1. The van der Waals surface area contributed by atoms with Crippen LogP contribution in [0.25, 0.3) is 0 Å². The molecule has 0 aliphatic heterocycles. The molecule has 0 heterocycles. The summed E-state index contributed by atoms with van der Waals surface area (Å²) in [4.78, 5) is 10.8. The van der Waals surface area contributed by atoms with Crippen LogP contribution in [0, 0.1) is 6.92 Å². The average molecular weight is 311 g/mol. The number of anilines is 1. The first kappa shape index (κ1) is 17.0. The van der Waals surface area contributed by atoms with Crippen molar-refractivity contribution in [2.75, 3.05) is 5.32 Å². The standard InChI is InChI=1S/C19H25N3O/c1-13-6-4-5-7-17(13)12-14(2)21-15(3)16-8-10-18(11-9-16)22-19(20)23/h4-11,14-15,21H,12H2,1-3H3,(H3,20,22,23). The van der Waals surface area contributed by atoms with E-state index < -0.39 is 6.03 Å². The Bertz CT molecular complexity index is 652. The van der Waals surface area contributed by atoms with Gasteiger partial charge in [-0.05, 0) is 56.0 Å². The second-order valence-electron chi connectivity index (χ2n) is 6.03. The molecule has 4 N–H and O–H groups in total. The summed E-state index contributed by atoms with van der Waals surface area (Å²) in [5, 5.41) is 6.19. The van der Waals surface area contributed by atoms with Crippen molar-refractivity contribution in [3.05, 3.63) is 65.2 Å². The van der Waals surface area contributed by atoms with Crippen molar-refractivity contribution in [1.82, 2.24) is 5.32 Å². The molecule has 2 amide bonds. The van der Waals surface area contributed by atoms with Crippen LogP contribution in [0.2, 0.25) is 0 Å². The summed E-state index contributed by atoms with van der Waals surface area (Å²) in [6, 6.07) is 16.3. The van der Waals surface area contributed by atoms with Crippen molar-refractivity contribution in [3.63, 3.8) is 0 Å². The van der Waals surface area contributed by atoms with E-state index in [1.165, 1.54) is 16.7 Å². The van der Waals surface area contributed by atoms with Crippen LogP contribution in [0.4, 0.5) is 10.5 Å². The number of urea groups is 1. The largest absolute Gasteiger partial charge is 0.351 e. The van der Waals surface area contributed by atoms with E-state index in [1.807, 2.05) is 24.3 Å². The lowest BCUT2D eigenvalue weighted by atomic mass is 10.0. The molecule has 2 aromatic rings. The number of rotatable bonds is 6. The fourth-order valence-corrected chi connectivity index (χ4v) is 2.75. The van der Waals surface area contributed by atoms with E-state index in [4.69, 9.17) is 5.73 Å². The molecule has 2 rings (SSSR count). The predicted molar refractivity (Wildman–Crippen MR) is 95.5 cm³/mol. The lowest BCUT2D eigenvalue weighted by Gasteiger charge is -2.21. The van der Waals surface area contributed by atoms with Crippen molar-refractivity contribution in [2.45, 2.75) is 39.3 Å². The minimum absolute atomic E-state index is 0.233. The Morgan fingerprint density at radius 3 is 2.35 bits per heavy atom. The molecule has 4 nitrogen and oxygen atoms in total. The van der Waals surface area contributed by atoms with Crippen molar-refractivity contribution >= 4 is 11.7 Å². The van der Waals surface area contributed by atoms with Gasteiger partial charge in [-0.15, -0.1) is 0 Å². The highest BCUT2D eigenvalue weighted by Crippen LogP contribution is 2.18. The normalized spacial score (nSPS) is 13.3. The summed E-state index contributed by atoms with van der Waals surface area (Å²) in [5.74, 6) is 0. The number of amides is 2. The highest BCUT2D eigenvalue weighted by atomic mass is 16.2. The first-order valence-corrected chi connectivity index (χ1v) is 7.92. The molecule has 122 valence electrons. The van der Waals surface area contributed by atoms with Crippen molar-refractivity contribution in [2.24, 2.45) is 5.73 Å². The van der Waals surface area contributed by atoms with E-state index in [0.29, 0.717) is 11.7 Å². The molecule has 2 atom stereocenters. The van der Waals surface area contributed by atoms with Crippen LogP contribution >= 0.6 is 0 Å². The van der Waals surface area contributed by atoms with Gasteiger partial charge in [-0.25, -0.2) is 4.79 Å². The highest BCUT2D eigenvalue weighted by molar-refractivity contribution is 5.87. The maximum atomic E-state index is 10.8. The molecule has 0 bridgehead atoms. The number of hydrogen-bond donors (Lipinski definition) is 3. The summed E-state index contributed by atoms with van der Waals surface area (Å²) in [6.07, 6.45) is 0.998. The van der Waals surface area contributed by atoms with Gasteiger partial charge in [0.25, 0.3) is 0 Å². The molecule has 0 aliphatic rings. The molecule has 2 unspecified atom stereocenters. The number of carbonyl (C=O) groups excluding carboxylic acids is 1. The molecule has 0 aliphatic carbocycles. The third kappa shape index (κ3) is 5.11. The Morgan fingerprint density at radius 2 is 1.74 bits per heavy atom. The van der Waals surface area contributed by atoms with Gasteiger partial charge in [-0.2, -0.15) is 0 Å². The maximum Gasteiger partial charge on any atom is 0.316 e. The van der Waals surface area contributed by atoms with E-state index >= 15 is 0 Å². The SMILES string of the molecule is Cc1ccccc1CC(C)NC(C)c1ccc(NC(N)=O)cc1. The molecule has 2 aromatic carbocycles. The monoisotopic (exact) mass is 311 g/mol. The van der Waals surface area contributed by atoms with Gasteiger partial charge in [0, 0.05) is 17.8 Å². The first-order chi connectivity index (χ1) is 11.0. The van der Waals surface area contributed by atoms with Crippen LogP contribution in [0.15, 0.2) is 48.5 Å². The number of nitrogens with one attached hydrogen (secondary N) is 2. The van der Waals surface area contributed by atoms with Gasteiger partial charge in [0.15, 0.2) is 0 Å². The fraction of sp³-hybridized carbons (Fsp3) is 0.316. The van der Waals surface area contributed by atoms with Crippen LogP contribution in [-0.4, -0.2) is 12.1 Å². The smallest absolute Gasteiger partial charge is 0.316 e. The zero-order chi connectivity index (χ0) is 16.8. The molecular formula is C19H25N3O. The molecule has 0 fully saturated rings. The van der Waals surface area contributed by atoms with E-state index in [9.17, 15) is 4.79 Å². The van der Waals surface area contributed by atoms with Crippen molar-refractivity contribution < 1.29 is 4.79 Å². The summed E-state index contributed by atoms with van der Waals surface area (Å²) in [5.41, 5.74) is 9.70. The van der Waals surface area contributed by atoms with Crippen LogP contribution in [0.5, 0.6) is 0 Å². The zero-order valence-corrected chi connectivity index (χ0v) is 14.0. The maximum absolute atomic E-state index is 10.8. The Morgan fingerprint density at radius 1 is 1.09 bits per heavy atom. The van der Waals surface area contributed by atoms with Crippen molar-refractivity contribution in [3.8, 4) is 0 Å². The fourth-order valence-electron chi connectivity index (χ4n) is 2.75. The second kappa shape index (κ2) is 7.79. The minimum Gasteiger partial charge on any atom is -0.351 e. The first-order valence-electron chi connectivity index (χ1n) is 7.92.